The van der Waals surface area contributed by atoms with E-state index in [4.69, 9.17) is 10.5 Å². The summed E-state index contributed by atoms with van der Waals surface area (Å²) in [5.74, 6) is 0.0897. The molecule has 5 heteroatoms. The van der Waals surface area contributed by atoms with Gasteiger partial charge in [-0.2, -0.15) is 0 Å². The fourth-order valence-electron chi connectivity index (χ4n) is 2.95. The highest BCUT2D eigenvalue weighted by Crippen LogP contribution is 2.38. The second-order valence-electron chi connectivity index (χ2n) is 7.37. The van der Waals surface area contributed by atoms with Crippen LogP contribution < -0.4 is 10.6 Å². The van der Waals surface area contributed by atoms with Crippen LogP contribution in [0.2, 0.25) is 0 Å². The third kappa shape index (κ3) is 3.58. The van der Waals surface area contributed by atoms with Gasteiger partial charge < -0.3 is 15.4 Å². The summed E-state index contributed by atoms with van der Waals surface area (Å²) in [4.78, 5) is 15.2. The molecule has 0 aliphatic carbocycles. The maximum Gasteiger partial charge on any atom is 0.177 e. The number of Topliss-reactive ketones (excluding diaryl/α,β-unsaturated/α-hetero) is 1. The highest BCUT2D eigenvalue weighted by Gasteiger charge is 2.39. The quantitative estimate of drug-likeness (QED) is 0.867. The molecule has 0 saturated carbocycles. The van der Waals surface area contributed by atoms with Crippen LogP contribution >= 0.6 is 11.3 Å². The summed E-state index contributed by atoms with van der Waals surface area (Å²) in [5, 5.41) is 1.06. The minimum absolute atomic E-state index is 0.0311. The van der Waals surface area contributed by atoms with Crippen molar-refractivity contribution in [1.29, 1.82) is 0 Å². The number of nitrogen functional groups attached to an aromatic ring is 1. The van der Waals surface area contributed by atoms with E-state index >= 15 is 0 Å². The zero-order chi connectivity index (χ0) is 16.0. The van der Waals surface area contributed by atoms with Crippen LogP contribution in [-0.4, -0.2) is 30.1 Å². The van der Waals surface area contributed by atoms with Crippen LogP contribution in [0.4, 0.5) is 10.7 Å². The molecule has 2 rings (SSSR count). The summed E-state index contributed by atoms with van der Waals surface area (Å²) in [7, 11) is 0. The Labute approximate surface area is 131 Å². The van der Waals surface area contributed by atoms with Gasteiger partial charge in [0.2, 0.25) is 0 Å². The van der Waals surface area contributed by atoms with Crippen molar-refractivity contribution in [2.75, 3.05) is 23.7 Å². The fraction of sp³-hybridized carbons (Fsp3) is 0.688. The van der Waals surface area contributed by atoms with Gasteiger partial charge in [-0.3, -0.25) is 4.79 Å². The van der Waals surface area contributed by atoms with Crippen LogP contribution in [0.3, 0.4) is 0 Å². The summed E-state index contributed by atoms with van der Waals surface area (Å²) >= 11 is 1.50. The van der Waals surface area contributed by atoms with Crippen molar-refractivity contribution in [3.63, 3.8) is 0 Å². The van der Waals surface area contributed by atoms with Gasteiger partial charge in [0, 0.05) is 19.0 Å². The SMILES string of the molecule is CC(C)C(=O)c1sc(N2CC(C)(C)OC(C)(C)C2)cc1N. The zero-order valence-electron chi connectivity index (χ0n) is 13.8. The minimum atomic E-state index is -0.220. The Balaban J connectivity index is 2.30. The van der Waals surface area contributed by atoms with Gasteiger partial charge in [0.05, 0.1) is 26.8 Å². The zero-order valence-corrected chi connectivity index (χ0v) is 14.6. The van der Waals surface area contributed by atoms with E-state index in [1.807, 2.05) is 19.9 Å². The Morgan fingerprint density at radius 2 is 1.81 bits per heavy atom. The van der Waals surface area contributed by atoms with Gasteiger partial charge in [0.1, 0.15) is 0 Å². The molecule has 0 radical (unpaired) electrons. The lowest BCUT2D eigenvalue weighted by atomic mass is 9.99. The van der Waals surface area contributed by atoms with E-state index in [1.165, 1.54) is 11.3 Å². The van der Waals surface area contributed by atoms with E-state index in [1.54, 1.807) is 0 Å². The minimum Gasteiger partial charge on any atom is -0.397 e. The molecule has 0 spiro atoms. The number of hydrogen-bond donors (Lipinski definition) is 1. The predicted octanol–water partition coefficient (Wildman–Crippen LogP) is 3.56. The number of rotatable bonds is 3. The van der Waals surface area contributed by atoms with Gasteiger partial charge in [-0.05, 0) is 33.8 Å². The van der Waals surface area contributed by atoms with Crippen molar-refractivity contribution in [3.05, 3.63) is 10.9 Å². The van der Waals surface area contributed by atoms with Gasteiger partial charge in [0.15, 0.2) is 5.78 Å². The lowest BCUT2D eigenvalue weighted by molar-refractivity contribution is -0.132. The van der Waals surface area contributed by atoms with E-state index < -0.39 is 0 Å². The standard InChI is InChI=1S/C16H26N2O2S/c1-10(2)13(19)14-11(17)7-12(21-14)18-8-15(3,4)20-16(5,6)9-18/h7,10H,8-9,17H2,1-6H3. The van der Waals surface area contributed by atoms with Crippen molar-refractivity contribution < 1.29 is 9.53 Å². The Morgan fingerprint density at radius 1 is 1.29 bits per heavy atom. The first-order valence-corrected chi connectivity index (χ1v) is 8.21. The van der Waals surface area contributed by atoms with Crippen LogP contribution in [0, 0.1) is 5.92 Å². The molecule has 0 atom stereocenters. The molecule has 1 aliphatic heterocycles. The number of nitrogens with two attached hydrogens (primary N) is 1. The molecule has 21 heavy (non-hydrogen) atoms. The summed E-state index contributed by atoms with van der Waals surface area (Å²) in [6, 6.07) is 1.93. The number of nitrogens with zero attached hydrogens (tertiary/aromatic N) is 1. The number of anilines is 2. The van der Waals surface area contributed by atoms with Crippen LogP contribution in [0.5, 0.6) is 0 Å². The van der Waals surface area contributed by atoms with Crippen molar-refractivity contribution in [1.82, 2.24) is 0 Å². The summed E-state index contributed by atoms with van der Waals surface area (Å²) in [5.41, 5.74) is 6.21. The van der Waals surface area contributed by atoms with Crippen LogP contribution in [0.1, 0.15) is 51.2 Å². The fourth-order valence-corrected chi connectivity index (χ4v) is 4.11. The molecule has 2 N–H and O–H groups in total. The largest absolute Gasteiger partial charge is 0.397 e. The van der Waals surface area contributed by atoms with Crippen LogP contribution in [-0.2, 0) is 4.74 Å². The molecule has 0 bridgehead atoms. The van der Waals surface area contributed by atoms with Crippen LogP contribution in [0.15, 0.2) is 6.07 Å². The lowest BCUT2D eigenvalue weighted by Gasteiger charge is -2.47. The molecule has 1 saturated heterocycles. The van der Waals surface area contributed by atoms with Crippen molar-refractivity contribution in [3.8, 4) is 0 Å². The predicted molar refractivity (Wildman–Crippen MR) is 89.4 cm³/mol. The molecule has 0 amide bonds. The van der Waals surface area contributed by atoms with Crippen molar-refractivity contribution in [2.45, 2.75) is 52.7 Å². The number of carbonyl (C=O) groups is 1. The van der Waals surface area contributed by atoms with E-state index in [2.05, 4.69) is 32.6 Å². The molecular formula is C16H26N2O2S. The second-order valence-corrected chi connectivity index (χ2v) is 8.40. The van der Waals surface area contributed by atoms with Gasteiger partial charge in [-0.25, -0.2) is 0 Å². The van der Waals surface area contributed by atoms with Gasteiger partial charge in [-0.15, -0.1) is 11.3 Å². The molecular weight excluding hydrogens is 284 g/mol. The molecule has 1 fully saturated rings. The van der Waals surface area contributed by atoms with Crippen LogP contribution in [0.25, 0.3) is 0 Å². The number of ether oxygens (including phenoxy) is 1. The summed E-state index contributed by atoms with van der Waals surface area (Å²) in [6.45, 7) is 13.8. The second kappa shape index (κ2) is 5.29. The number of thiophene rings is 1. The van der Waals surface area contributed by atoms with Crippen molar-refractivity contribution >= 4 is 27.8 Å². The third-order valence-electron chi connectivity index (χ3n) is 3.50. The Bertz CT molecular complexity index is 530. The average molecular weight is 310 g/mol. The Hall–Kier alpha value is -1.07. The number of ketones is 1. The molecule has 1 aliphatic rings. The normalized spacial score (nSPS) is 20.8. The smallest absolute Gasteiger partial charge is 0.177 e. The first-order chi connectivity index (χ1) is 9.51. The van der Waals surface area contributed by atoms with Gasteiger partial charge in [-0.1, -0.05) is 13.8 Å². The first-order valence-electron chi connectivity index (χ1n) is 7.39. The van der Waals surface area contributed by atoms with Gasteiger partial charge >= 0.3 is 0 Å². The topological polar surface area (TPSA) is 55.6 Å². The molecule has 0 unspecified atom stereocenters. The maximum atomic E-state index is 12.2. The number of morpholine rings is 1. The number of carbonyl (C=O) groups excluding carboxylic acids is 1. The molecule has 4 nitrogen and oxygen atoms in total. The Kier molecular flexibility index (Phi) is 4.10. The maximum absolute atomic E-state index is 12.2. The molecule has 118 valence electrons. The van der Waals surface area contributed by atoms with Gasteiger partial charge in [0.25, 0.3) is 0 Å². The third-order valence-corrected chi connectivity index (χ3v) is 4.73. The van der Waals surface area contributed by atoms with E-state index in [0.29, 0.717) is 10.6 Å². The lowest BCUT2D eigenvalue weighted by Crippen LogP contribution is -2.57. The van der Waals surface area contributed by atoms with E-state index in [0.717, 1.165) is 18.1 Å². The Morgan fingerprint density at radius 3 is 2.29 bits per heavy atom. The first kappa shape index (κ1) is 16.3. The molecule has 1 aromatic rings. The molecule has 2 heterocycles. The summed E-state index contributed by atoms with van der Waals surface area (Å²) in [6.07, 6.45) is 0. The number of hydrogen-bond acceptors (Lipinski definition) is 5. The summed E-state index contributed by atoms with van der Waals surface area (Å²) < 4.78 is 6.10. The highest BCUT2D eigenvalue weighted by molar-refractivity contribution is 7.18. The van der Waals surface area contributed by atoms with E-state index in [-0.39, 0.29) is 22.9 Å². The average Bonchev–Trinajstić information content (AvgIpc) is 2.66. The van der Waals surface area contributed by atoms with E-state index in [9.17, 15) is 4.79 Å². The highest BCUT2D eigenvalue weighted by atomic mass is 32.1. The monoisotopic (exact) mass is 310 g/mol. The van der Waals surface area contributed by atoms with Crippen molar-refractivity contribution in [2.24, 2.45) is 5.92 Å². The molecule has 1 aromatic heterocycles. The molecule has 0 aromatic carbocycles.